The summed E-state index contributed by atoms with van der Waals surface area (Å²) in [5, 5.41) is 4.51. The number of hydrogen-bond acceptors (Lipinski definition) is 2. The Bertz CT molecular complexity index is 557. The highest BCUT2D eigenvalue weighted by molar-refractivity contribution is 8.93. The van der Waals surface area contributed by atoms with Gasteiger partial charge in [0.15, 0.2) is 5.96 Å². The summed E-state index contributed by atoms with van der Waals surface area (Å²) in [6.07, 6.45) is 4.03. The van der Waals surface area contributed by atoms with E-state index in [2.05, 4.69) is 40.6 Å². The van der Waals surface area contributed by atoms with Crippen LogP contribution in [0.25, 0.3) is 10.1 Å². The normalized spacial score (nSPS) is 15.7. The van der Waals surface area contributed by atoms with Gasteiger partial charge in [-0.2, -0.15) is 0 Å². The van der Waals surface area contributed by atoms with Crippen molar-refractivity contribution in [2.75, 3.05) is 6.54 Å². The number of nitrogens with zero attached hydrogens (tertiary/aromatic N) is 1. The molecule has 0 spiro atoms. The van der Waals surface area contributed by atoms with Gasteiger partial charge in [0, 0.05) is 16.1 Å². The lowest BCUT2D eigenvalue weighted by molar-refractivity contribution is 0.315. The molecule has 0 amide bonds. The van der Waals surface area contributed by atoms with Crippen LogP contribution in [0.15, 0.2) is 35.3 Å². The summed E-state index contributed by atoms with van der Waals surface area (Å²) < 4.78 is 1.31. The van der Waals surface area contributed by atoms with E-state index in [9.17, 15) is 0 Å². The standard InChI is InChI=1S/C15H19N3S.BrH/c16-15(17-9-11-4-3-5-11)18-10-13-8-12-6-1-2-7-14(12)19-13;/h1-2,6-8,11H,3-5,9-10H2,(H3,16,17,18);1H. The summed E-state index contributed by atoms with van der Waals surface area (Å²) in [7, 11) is 0. The van der Waals surface area contributed by atoms with E-state index >= 15 is 0 Å². The molecule has 0 bridgehead atoms. The van der Waals surface area contributed by atoms with Crippen molar-refractivity contribution in [2.45, 2.75) is 25.8 Å². The molecule has 1 aliphatic carbocycles. The van der Waals surface area contributed by atoms with Gasteiger partial charge in [0.05, 0.1) is 6.54 Å². The largest absolute Gasteiger partial charge is 0.370 e. The molecule has 1 heterocycles. The van der Waals surface area contributed by atoms with Crippen LogP contribution in [0.3, 0.4) is 0 Å². The zero-order chi connectivity index (χ0) is 13.1. The van der Waals surface area contributed by atoms with Gasteiger partial charge in [0.25, 0.3) is 0 Å². The Balaban J connectivity index is 0.00000147. The molecule has 1 aromatic carbocycles. The molecule has 20 heavy (non-hydrogen) atoms. The van der Waals surface area contributed by atoms with E-state index in [4.69, 9.17) is 5.73 Å². The van der Waals surface area contributed by atoms with Crippen LogP contribution in [0.5, 0.6) is 0 Å². The highest BCUT2D eigenvalue weighted by Gasteiger charge is 2.16. The second-order valence-corrected chi connectivity index (χ2v) is 6.30. The van der Waals surface area contributed by atoms with Crippen molar-refractivity contribution in [1.82, 2.24) is 5.32 Å². The third-order valence-electron chi connectivity index (χ3n) is 3.68. The number of nitrogens with one attached hydrogen (secondary N) is 1. The molecule has 0 unspecified atom stereocenters. The average molecular weight is 354 g/mol. The summed E-state index contributed by atoms with van der Waals surface area (Å²) in [5.74, 6) is 1.38. The Hall–Kier alpha value is -1.07. The van der Waals surface area contributed by atoms with E-state index in [1.54, 1.807) is 11.3 Å². The predicted octanol–water partition coefficient (Wildman–Crippen LogP) is 3.68. The second kappa shape index (κ2) is 7.09. The van der Waals surface area contributed by atoms with Gasteiger partial charge in [0.2, 0.25) is 0 Å². The maximum atomic E-state index is 5.89. The smallest absolute Gasteiger partial charge is 0.188 e. The summed E-state index contributed by atoms with van der Waals surface area (Å²) >= 11 is 1.79. The summed E-state index contributed by atoms with van der Waals surface area (Å²) in [5.41, 5.74) is 5.89. The third-order valence-corrected chi connectivity index (χ3v) is 4.78. The van der Waals surface area contributed by atoms with E-state index < -0.39 is 0 Å². The topological polar surface area (TPSA) is 50.4 Å². The molecule has 1 aliphatic rings. The number of rotatable bonds is 4. The number of fused-ring (bicyclic) bond motifs is 1. The van der Waals surface area contributed by atoms with Gasteiger partial charge in [-0.3, -0.25) is 0 Å². The first kappa shape index (κ1) is 15.3. The van der Waals surface area contributed by atoms with Crippen LogP contribution < -0.4 is 11.1 Å². The number of aliphatic imine (C=N–C) groups is 1. The van der Waals surface area contributed by atoms with Crippen LogP contribution in [-0.2, 0) is 6.54 Å². The van der Waals surface area contributed by atoms with Gasteiger partial charge in [-0.15, -0.1) is 28.3 Å². The Kier molecular flexibility index (Phi) is 5.43. The Morgan fingerprint density at radius 2 is 2.15 bits per heavy atom. The molecule has 1 aromatic heterocycles. The first-order valence-corrected chi connectivity index (χ1v) is 7.64. The molecule has 0 radical (unpaired) electrons. The van der Waals surface area contributed by atoms with E-state index in [1.165, 1.54) is 34.2 Å². The summed E-state index contributed by atoms with van der Waals surface area (Å²) in [4.78, 5) is 5.67. The first-order valence-electron chi connectivity index (χ1n) is 6.82. The molecular formula is C15H20BrN3S. The molecule has 2 aromatic rings. The number of hydrogen-bond donors (Lipinski definition) is 2. The lowest BCUT2D eigenvalue weighted by Crippen LogP contribution is -2.37. The minimum Gasteiger partial charge on any atom is -0.370 e. The summed E-state index contributed by atoms with van der Waals surface area (Å²) in [6, 6.07) is 10.6. The molecule has 1 saturated carbocycles. The zero-order valence-electron chi connectivity index (χ0n) is 11.3. The fraction of sp³-hybridized carbons (Fsp3) is 0.400. The van der Waals surface area contributed by atoms with Crippen molar-refractivity contribution in [1.29, 1.82) is 0 Å². The average Bonchev–Trinajstić information content (AvgIpc) is 2.77. The fourth-order valence-electron chi connectivity index (χ4n) is 2.28. The Labute approximate surface area is 134 Å². The van der Waals surface area contributed by atoms with Crippen LogP contribution >= 0.6 is 28.3 Å². The van der Waals surface area contributed by atoms with E-state index in [0.717, 1.165) is 12.5 Å². The SMILES string of the molecule is Br.NC(=NCc1cc2ccccc2s1)NCC1CCC1. The van der Waals surface area contributed by atoms with Crippen LogP contribution in [0.4, 0.5) is 0 Å². The van der Waals surface area contributed by atoms with Crippen molar-refractivity contribution in [3.05, 3.63) is 35.2 Å². The number of guanidine groups is 1. The highest BCUT2D eigenvalue weighted by atomic mass is 79.9. The number of benzene rings is 1. The van der Waals surface area contributed by atoms with Crippen molar-refractivity contribution in [2.24, 2.45) is 16.6 Å². The van der Waals surface area contributed by atoms with Crippen LogP contribution in [0.1, 0.15) is 24.1 Å². The zero-order valence-corrected chi connectivity index (χ0v) is 13.9. The molecule has 3 N–H and O–H groups in total. The van der Waals surface area contributed by atoms with Gasteiger partial charge in [-0.05, 0) is 36.3 Å². The molecule has 0 atom stereocenters. The van der Waals surface area contributed by atoms with Crippen LogP contribution in [0.2, 0.25) is 0 Å². The fourth-order valence-corrected chi connectivity index (χ4v) is 3.27. The number of nitrogens with two attached hydrogens (primary N) is 1. The number of thiophene rings is 1. The quantitative estimate of drug-likeness (QED) is 0.650. The molecule has 3 nitrogen and oxygen atoms in total. The maximum Gasteiger partial charge on any atom is 0.188 e. The summed E-state index contributed by atoms with van der Waals surface area (Å²) in [6.45, 7) is 1.64. The molecule has 5 heteroatoms. The number of halogens is 1. The predicted molar refractivity (Wildman–Crippen MR) is 92.8 cm³/mol. The van der Waals surface area contributed by atoms with E-state index in [1.807, 2.05) is 0 Å². The van der Waals surface area contributed by atoms with Gasteiger partial charge >= 0.3 is 0 Å². The monoisotopic (exact) mass is 353 g/mol. The van der Waals surface area contributed by atoms with E-state index in [0.29, 0.717) is 12.5 Å². The lowest BCUT2D eigenvalue weighted by atomic mass is 9.85. The van der Waals surface area contributed by atoms with Crippen molar-refractivity contribution >= 4 is 44.4 Å². The van der Waals surface area contributed by atoms with Gasteiger partial charge in [-0.1, -0.05) is 24.6 Å². The van der Waals surface area contributed by atoms with Gasteiger partial charge < -0.3 is 11.1 Å². The molecule has 0 saturated heterocycles. The lowest BCUT2D eigenvalue weighted by Gasteiger charge is -2.25. The second-order valence-electron chi connectivity index (χ2n) is 5.13. The molecular weight excluding hydrogens is 334 g/mol. The Morgan fingerprint density at radius 3 is 2.85 bits per heavy atom. The third kappa shape index (κ3) is 3.73. The van der Waals surface area contributed by atoms with Crippen LogP contribution in [0, 0.1) is 5.92 Å². The highest BCUT2D eigenvalue weighted by Crippen LogP contribution is 2.26. The molecule has 1 fully saturated rings. The molecule has 3 rings (SSSR count). The van der Waals surface area contributed by atoms with Crippen molar-refractivity contribution in [3.63, 3.8) is 0 Å². The van der Waals surface area contributed by atoms with Crippen LogP contribution in [-0.4, -0.2) is 12.5 Å². The van der Waals surface area contributed by atoms with E-state index in [-0.39, 0.29) is 17.0 Å². The van der Waals surface area contributed by atoms with Crippen molar-refractivity contribution in [3.8, 4) is 0 Å². The van der Waals surface area contributed by atoms with Crippen molar-refractivity contribution < 1.29 is 0 Å². The molecule has 0 aliphatic heterocycles. The maximum absolute atomic E-state index is 5.89. The Morgan fingerprint density at radius 1 is 1.35 bits per heavy atom. The molecule has 108 valence electrons. The van der Waals surface area contributed by atoms with Gasteiger partial charge in [0.1, 0.15) is 0 Å². The first-order chi connectivity index (χ1) is 9.31. The minimum atomic E-state index is 0. The minimum absolute atomic E-state index is 0. The van der Waals surface area contributed by atoms with Gasteiger partial charge in [-0.25, -0.2) is 4.99 Å².